The Hall–Kier alpha value is -1.23. The second-order valence-electron chi connectivity index (χ2n) is 2.43. The van der Waals surface area contributed by atoms with E-state index in [0.29, 0.717) is 0 Å². The summed E-state index contributed by atoms with van der Waals surface area (Å²) in [4.78, 5) is 0. The van der Waals surface area contributed by atoms with Crippen molar-refractivity contribution in [1.82, 2.24) is 0 Å². The molecule has 0 N–H and O–H groups in total. The molecule has 0 amide bonds. The Morgan fingerprint density at radius 3 is 2.64 bits per heavy atom. The van der Waals surface area contributed by atoms with Crippen molar-refractivity contribution in [1.29, 1.82) is 0 Å². The zero-order valence-electron chi connectivity index (χ0n) is 6.75. The Bertz CT molecular complexity index is 338. The van der Waals surface area contributed by atoms with Gasteiger partial charge in [0.1, 0.15) is 0 Å². The van der Waals surface area contributed by atoms with Crippen molar-refractivity contribution in [3.63, 3.8) is 0 Å². The first-order chi connectivity index (χ1) is 6.54. The van der Waals surface area contributed by atoms with Crippen molar-refractivity contribution < 1.29 is 17.6 Å². The van der Waals surface area contributed by atoms with E-state index in [1.807, 2.05) is 0 Å². The maximum Gasteiger partial charge on any atom is 0.416 e. The van der Waals surface area contributed by atoms with E-state index in [1.165, 1.54) is 12.1 Å². The standard InChI is InChI=1S/C8H5ClF3NO/c9-14-13-5-6-2-1-3-7(4-6)8(10,11)12/h1-5H/b13-5+. The second kappa shape index (κ2) is 4.32. The first kappa shape index (κ1) is 10.8. The Morgan fingerprint density at radius 1 is 1.36 bits per heavy atom. The van der Waals surface area contributed by atoms with Gasteiger partial charge in [0.05, 0.1) is 11.8 Å². The summed E-state index contributed by atoms with van der Waals surface area (Å²) in [7, 11) is 0. The SMILES string of the molecule is FC(F)(F)c1cccc(/C=N/OCl)c1. The van der Waals surface area contributed by atoms with E-state index in [0.717, 1.165) is 18.3 Å². The molecule has 6 heteroatoms. The smallest absolute Gasteiger partial charge is 0.277 e. The molecule has 1 rings (SSSR count). The minimum atomic E-state index is -4.36. The molecule has 0 aliphatic rings. The number of hydrogen-bond donors (Lipinski definition) is 0. The lowest BCUT2D eigenvalue weighted by Crippen LogP contribution is -2.04. The predicted molar refractivity (Wildman–Crippen MR) is 46.0 cm³/mol. The maximum atomic E-state index is 12.2. The second-order valence-corrected chi connectivity index (χ2v) is 2.56. The fourth-order valence-corrected chi connectivity index (χ4v) is 0.916. The molecule has 0 aliphatic heterocycles. The van der Waals surface area contributed by atoms with Crippen molar-refractivity contribution in [2.24, 2.45) is 5.16 Å². The van der Waals surface area contributed by atoms with Gasteiger partial charge in [0.15, 0.2) is 11.9 Å². The minimum absolute atomic E-state index is 0.264. The first-order valence-corrected chi connectivity index (χ1v) is 3.83. The van der Waals surface area contributed by atoms with Crippen LogP contribution in [0.3, 0.4) is 0 Å². The molecule has 0 aromatic heterocycles. The van der Waals surface area contributed by atoms with E-state index in [4.69, 9.17) is 11.9 Å². The third kappa shape index (κ3) is 2.92. The average Bonchev–Trinajstić information content (AvgIpc) is 2.14. The Labute approximate surface area is 83.1 Å². The van der Waals surface area contributed by atoms with Gasteiger partial charge in [-0.25, -0.2) is 0 Å². The Morgan fingerprint density at radius 2 is 2.07 bits per heavy atom. The topological polar surface area (TPSA) is 21.6 Å². The minimum Gasteiger partial charge on any atom is -0.277 e. The van der Waals surface area contributed by atoms with Gasteiger partial charge in [-0.3, -0.25) is 4.39 Å². The molecule has 14 heavy (non-hydrogen) atoms. The molecule has 0 aliphatic carbocycles. The molecule has 0 heterocycles. The van der Waals surface area contributed by atoms with Gasteiger partial charge in [-0.2, -0.15) is 13.2 Å². The van der Waals surface area contributed by atoms with E-state index in [9.17, 15) is 13.2 Å². The van der Waals surface area contributed by atoms with Crippen LogP contribution in [0.5, 0.6) is 0 Å². The van der Waals surface area contributed by atoms with E-state index >= 15 is 0 Å². The lowest BCUT2D eigenvalue weighted by molar-refractivity contribution is -0.137. The van der Waals surface area contributed by atoms with Crippen LogP contribution in [0.4, 0.5) is 13.2 Å². The summed E-state index contributed by atoms with van der Waals surface area (Å²) in [5.41, 5.74) is -0.475. The van der Waals surface area contributed by atoms with Gasteiger partial charge in [0.25, 0.3) is 0 Å². The largest absolute Gasteiger partial charge is 0.416 e. The van der Waals surface area contributed by atoms with Crippen LogP contribution in [-0.4, -0.2) is 6.21 Å². The summed E-state index contributed by atoms with van der Waals surface area (Å²) in [6.07, 6.45) is -3.27. The number of alkyl halides is 3. The van der Waals surface area contributed by atoms with Gasteiger partial charge < -0.3 is 0 Å². The van der Waals surface area contributed by atoms with E-state index < -0.39 is 11.7 Å². The molecule has 0 atom stereocenters. The van der Waals surface area contributed by atoms with Crippen molar-refractivity contribution >= 4 is 18.1 Å². The summed E-state index contributed by atoms with van der Waals surface area (Å²) in [5.74, 6) is 0. The molecule has 0 saturated heterocycles. The van der Waals surface area contributed by atoms with E-state index in [-0.39, 0.29) is 5.56 Å². The highest BCUT2D eigenvalue weighted by Crippen LogP contribution is 2.29. The number of benzene rings is 1. The van der Waals surface area contributed by atoms with Crippen LogP contribution in [0, 0.1) is 0 Å². The maximum absolute atomic E-state index is 12.2. The molecule has 0 unspecified atom stereocenters. The van der Waals surface area contributed by atoms with Gasteiger partial charge in [0, 0.05) is 0 Å². The van der Waals surface area contributed by atoms with Crippen molar-refractivity contribution in [2.45, 2.75) is 6.18 Å². The molecule has 2 nitrogen and oxygen atoms in total. The van der Waals surface area contributed by atoms with Crippen LogP contribution >= 0.6 is 11.9 Å². The van der Waals surface area contributed by atoms with Gasteiger partial charge >= 0.3 is 6.18 Å². The molecule has 1 aromatic rings. The zero-order chi connectivity index (χ0) is 10.6. The van der Waals surface area contributed by atoms with Gasteiger partial charge in [0.2, 0.25) is 0 Å². The molecular weight excluding hydrogens is 219 g/mol. The molecule has 76 valence electrons. The van der Waals surface area contributed by atoms with Crippen LogP contribution in [-0.2, 0) is 10.6 Å². The number of halogens is 4. The summed E-state index contributed by atoms with van der Waals surface area (Å²) >= 11 is 4.76. The molecule has 0 fully saturated rings. The summed E-state index contributed by atoms with van der Waals surface area (Å²) < 4.78 is 40.4. The fourth-order valence-electron chi connectivity index (χ4n) is 0.876. The van der Waals surface area contributed by atoms with Crippen LogP contribution in [0.1, 0.15) is 11.1 Å². The monoisotopic (exact) mass is 223 g/mol. The third-order valence-electron chi connectivity index (χ3n) is 1.46. The number of rotatable bonds is 2. The molecule has 0 saturated carbocycles. The highest BCUT2D eigenvalue weighted by atomic mass is 35.5. The normalized spacial score (nSPS) is 12.0. The van der Waals surface area contributed by atoms with Crippen LogP contribution in [0.2, 0.25) is 0 Å². The highest BCUT2D eigenvalue weighted by molar-refractivity contribution is 6.07. The quantitative estimate of drug-likeness (QED) is 0.557. The zero-order valence-corrected chi connectivity index (χ0v) is 7.51. The lowest BCUT2D eigenvalue weighted by Gasteiger charge is -2.05. The lowest BCUT2D eigenvalue weighted by atomic mass is 10.1. The summed E-state index contributed by atoms with van der Waals surface area (Å²) in [6, 6.07) is 4.64. The molecule has 0 spiro atoms. The van der Waals surface area contributed by atoms with Crippen LogP contribution < -0.4 is 0 Å². The van der Waals surface area contributed by atoms with Crippen LogP contribution in [0.25, 0.3) is 0 Å². The van der Waals surface area contributed by atoms with Gasteiger partial charge in [-0.05, 0) is 17.7 Å². The van der Waals surface area contributed by atoms with Gasteiger partial charge in [-0.1, -0.05) is 17.3 Å². The molecule has 0 radical (unpaired) electrons. The van der Waals surface area contributed by atoms with Crippen molar-refractivity contribution in [2.75, 3.05) is 0 Å². The summed E-state index contributed by atoms with van der Waals surface area (Å²) in [5, 5.41) is 3.14. The van der Waals surface area contributed by atoms with E-state index in [1.54, 1.807) is 0 Å². The molecule has 1 aromatic carbocycles. The number of oxime groups is 1. The number of nitrogens with zero attached hydrogens (tertiary/aromatic N) is 1. The number of hydrogen-bond acceptors (Lipinski definition) is 2. The fraction of sp³-hybridized carbons (Fsp3) is 0.125. The Balaban J connectivity index is 2.96. The van der Waals surface area contributed by atoms with Crippen molar-refractivity contribution in [3.05, 3.63) is 35.4 Å². The average molecular weight is 224 g/mol. The summed E-state index contributed by atoms with van der Waals surface area (Å²) in [6.45, 7) is 0. The predicted octanol–water partition coefficient (Wildman–Crippen LogP) is 3.21. The van der Waals surface area contributed by atoms with Crippen molar-refractivity contribution in [3.8, 4) is 0 Å². The van der Waals surface area contributed by atoms with Gasteiger partial charge in [-0.15, -0.1) is 0 Å². The Kier molecular flexibility index (Phi) is 3.35. The highest BCUT2D eigenvalue weighted by Gasteiger charge is 2.30. The molecule has 0 bridgehead atoms. The van der Waals surface area contributed by atoms with E-state index in [2.05, 4.69) is 9.55 Å². The van der Waals surface area contributed by atoms with Crippen LogP contribution in [0.15, 0.2) is 29.4 Å². The molecular formula is C8H5ClF3NO. The third-order valence-corrected chi connectivity index (χ3v) is 1.54. The first-order valence-electron chi connectivity index (χ1n) is 3.52.